The molecule has 0 bridgehead atoms. The number of hydrogen-bond acceptors (Lipinski definition) is 2. The molecule has 17 heavy (non-hydrogen) atoms. The van der Waals surface area contributed by atoms with Crippen LogP contribution < -0.4 is 9.47 Å². The highest BCUT2D eigenvalue weighted by Gasteiger charge is 2.13. The lowest BCUT2D eigenvalue weighted by atomic mass is 10.00. The van der Waals surface area contributed by atoms with Gasteiger partial charge < -0.3 is 9.47 Å². The first-order valence-electron chi connectivity index (χ1n) is 6.09. The van der Waals surface area contributed by atoms with Crippen molar-refractivity contribution in [2.45, 2.75) is 32.1 Å². The van der Waals surface area contributed by atoms with Crippen molar-refractivity contribution >= 4 is 11.6 Å². The van der Waals surface area contributed by atoms with Crippen LogP contribution in [0.3, 0.4) is 0 Å². The summed E-state index contributed by atoms with van der Waals surface area (Å²) in [5, 5.41) is 0.196. The normalized spacial score (nSPS) is 14.1. The van der Waals surface area contributed by atoms with Gasteiger partial charge in [-0.05, 0) is 31.4 Å². The van der Waals surface area contributed by atoms with Crippen LogP contribution in [-0.4, -0.2) is 19.1 Å². The van der Waals surface area contributed by atoms with Crippen molar-refractivity contribution in [2.24, 2.45) is 5.92 Å². The van der Waals surface area contributed by atoms with Gasteiger partial charge in [-0.1, -0.05) is 25.5 Å². The number of alkyl halides is 1. The van der Waals surface area contributed by atoms with Crippen LogP contribution in [0.1, 0.15) is 26.7 Å². The molecule has 0 radical (unpaired) electrons. The lowest BCUT2D eigenvalue weighted by Gasteiger charge is -2.18. The zero-order valence-corrected chi connectivity index (χ0v) is 11.5. The van der Waals surface area contributed by atoms with Gasteiger partial charge in [0.25, 0.3) is 0 Å². The van der Waals surface area contributed by atoms with Crippen LogP contribution >= 0.6 is 11.6 Å². The summed E-state index contributed by atoms with van der Waals surface area (Å²) >= 11 is 6.10. The summed E-state index contributed by atoms with van der Waals surface area (Å²) in [6.45, 7) is 4.88. The van der Waals surface area contributed by atoms with Crippen LogP contribution in [0.4, 0.5) is 0 Å². The first-order chi connectivity index (χ1) is 8.19. The van der Waals surface area contributed by atoms with Crippen molar-refractivity contribution in [3.8, 4) is 11.5 Å². The van der Waals surface area contributed by atoms with E-state index in [4.69, 9.17) is 21.1 Å². The Morgan fingerprint density at radius 3 is 2.41 bits per heavy atom. The summed E-state index contributed by atoms with van der Waals surface area (Å²) in [5.41, 5.74) is 0. The highest BCUT2D eigenvalue weighted by Crippen LogP contribution is 2.26. The van der Waals surface area contributed by atoms with Crippen LogP contribution in [0.25, 0.3) is 0 Å². The molecule has 0 aliphatic heterocycles. The Hall–Kier alpha value is -0.890. The minimum absolute atomic E-state index is 0.196. The molecule has 0 saturated heterocycles. The van der Waals surface area contributed by atoms with Gasteiger partial charge in [-0.2, -0.15) is 0 Å². The molecule has 0 amide bonds. The molecule has 3 heteroatoms. The highest BCUT2D eigenvalue weighted by atomic mass is 35.5. The fourth-order valence-corrected chi connectivity index (χ4v) is 2.12. The Morgan fingerprint density at radius 2 is 1.88 bits per heavy atom. The van der Waals surface area contributed by atoms with Crippen molar-refractivity contribution in [1.29, 1.82) is 0 Å². The molecule has 1 aromatic rings. The third kappa shape index (κ3) is 4.47. The van der Waals surface area contributed by atoms with Gasteiger partial charge in [-0.15, -0.1) is 11.6 Å². The van der Waals surface area contributed by atoms with E-state index in [2.05, 4.69) is 6.92 Å². The van der Waals surface area contributed by atoms with E-state index in [-0.39, 0.29) is 5.38 Å². The number of methoxy groups -OCH3 is 1. The summed E-state index contributed by atoms with van der Waals surface area (Å²) < 4.78 is 11.0. The number of para-hydroxylation sites is 2. The Balaban J connectivity index is 2.45. The summed E-state index contributed by atoms with van der Waals surface area (Å²) in [6.07, 6.45) is 2.05. The Labute approximate surface area is 109 Å². The molecule has 1 aromatic carbocycles. The van der Waals surface area contributed by atoms with Crippen LogP contribution in [0.5, 0.6) is 11.5 Å². The third-order valence-electron chi connectivity index (χ3n) is 2.99. The van der Waals surface area contributed by atoms with E-state index < -0.39 is 0 Å². The van der Waals surface area contributed by atoms with E-state index in [0.717, 1.165) is 24.3 Å². The fourth-order valence-electron chi connectivity index (χ4n) is 1.82. The zero-order chi connectivity index (χ0) is 12.7. The van der Waals surface area contributed by atoms with Gasteiger partial charge in [0.2, 0.25) is 0 Å². The zero-order valence-electron chi connectivity index (χ0n) is 10.8. The molecular weight excluding hydrogens is 236 g/mol. The second-order valence-corrected chi connectivity index (χ2v) is 4.82. The summed E-state index contributed by atoms with van der Waals surface area (Å²) in [5.74, 6) is 2.08. The number of hydrogen-bond donors (Lipinski definition) is 0. The summed E-state index contributed by atoms with van der Waals surface area (Å²) in [4.78, 5) is 0. The molecule has 0 aliphatic carbocycles. The molecule has 96 valence electrons. The number of rotatable bonds is 7. The lowest BCUT2D eigenvalue weighted by Crippen LogP contribution is -2.14. The van der Waals surface area contributed by atoms with Crippen molar-refractivity contribution in [3.05, 3.63) is 24.3 Å². The topological polar surface area (TPSA) is 18.5 Å². The highest BCUT2D eigenvalue weighted by molar-refractivity contribution is 6.20. The monoisotopic (exact) mass is 256 g/mol. The third-order valence-corrected chi connectivity index (χ3v) is 3.35. The Kier molecular flexibility index (Phi) is 6.20. The van der Waals surface area contributed by atoms with Crippen molar-refractivity contribution in [3.63, 3.8) is 0 Å². The molecule has 2 unspecified atom stereocenters. The van der Waals surface area contributed by atoms with E-state index in [1.54, 1.807) is 7.11 Å². The second-order valence-electron chi connectivity index (χ2n) is 4.13. The maximum absolute atomic E-state index is 6.10. The second kappa shape index (κ2) is 7.44. The molecule has 1 rings (SSSR count). The predicted octanol–water partition coefficient (Wildman–Crippen LogP) is 4.12. The number of benzene rings is 1. The minimum Gasteiger partial charge on any atom is -0.493 e. The first-order valence-corrected chi connectivity index (χ1v) is 6.52. The molecule has 0 aromatic heterocycles. The van der Waals surface area contributed by atoms with Gasteiger partial charge in [0.15, 0.2) is 11.5 Å². The molecular formula is C14H21ClO2. The van der Waals surface area contributed by atoms with E-state index in [0.29, 0.717) is 12.5 Å². The molecule has 0 saturated carbocycles. The predicted molar refractivity (Wildman–Crippen MR) is 72.2 cm³/mol. The molecule has 0 spiro atoms. The van der Waals surface area contributed by atoms with E-state index in [1.807, 2.05) is 31.2 Å². The maximum atomic E-state index is 6.10. The van der Waals surface area contributed by atoms with Gasteiger partial charge in [-0.25, -0.2) is 0 Å². The molecule has 0 aliphatic rings. The SMILES string of the molecule is CCC(CCOc1ccccc1OC)C(C)Cl. The van der Waals surface area contributed by atoms with Crippen molar-refractivity contribution in [2.75, 3.05) is 13.7 Å². The smallest absolute Gasteiger partial charge is 0.161 e. The van der Waals surface area contributed by atoms with Gasteiger partial charge in [0.05, 0.1) is 13.7 Å². The number of ether oxygens (including phenoxy) is 2. The summed E-state index contributed by atoms with van der Waals surface area (Å²) in [6, 6.07) is 7.70. The van der Waals surface area contributed by atoms with Gasteiger partial charge in [0, 0.05) is 5.38 Å². The molecule has 2 nitrogen and oxygen atoms in total. The van der Waals surface area contributed by atoms with E-state index >= 15 is 0 Å². The summed E-state index contributed by atoms with van der Waals surface area (Å²) in [7, 11) is 1.65. The lowest BCUT2D eigenvalue weighted by molar-refractivity contribution is 0.260. The maximum Gasteiger partial charge on any atom is 0.161 e. The Morgan fingerprint density at radius 1 is 1.24 bits per heavy atom. The largest absolute Gasteiger partial charge is 0.493 e. The van der Waals surface area contributed by atoms with Crippen molar-refractivity contribution in [1.82, 2.24) is 0 Å². The quantitative estimate of drug-likeness (QED) is 0.684. The number of halogens is 1. The van der Waals surface area contributed by atoms with Crippen molar-refractivity contribution < 1.29 is 9.47 Å². The van der Waals surface area contributed by atoms with Gasteiger partial charge in [0.1, 0.15) is 0 Å². The fraction of sp³-hybridized carbons (Fsp3) is 0.571. The molecule has 0 N–H and O–H groups in total. The average Bonchev–Trinajstić information content (AvgIpc) is 2.34. The molecule has 0 heterocycles. The average molecular weight is 257 g/mol. The van der Waals surface area contributed by atoms with Crippen LogP contribution in [0.15, 0.2) is 24.3 Å². The van der Waals surface area contributed by atoms with Crippen LogP contribution in [0.2, 0.25) is 0 Å². The molecule has 0 fully saturated rings. The van der Waals surface area contributed by atoms with E-state index in [1.165, 1.54) is 0 Å². The first kappa shape index (κ1) is 14.2. The minimum atomic E-state index is 0.196. The van der Waals surface area contributed by atoms with E-state index in [9.17, 15) is 0 Å². The van der Waals surface area contributed by atoms with Gasteiger partial charge in [-0.3, -0.25) is 0 Å². The molecule has 2 atom stereocenters. The van der Waals surface area contributed by atoms with Crippen LogP contribution in [-0.2, 0) is 0 Å². The Bertz CT molecular complexity index is 326. The standard InChI is InChI=1S/C14H21ClO2/c1-4-12(11(2)15)9-10-17-14-8-6-5-7-13(14)16-3/h5-8,11-12H,4,9-10H2,1-3H3. The van der Waals surface area contributed by atoms with Gasteiger partial charge >= 0.3 is 0 Å². The van der Waals surface area contributed by atoms with Crippen LogP contribution in [0, 0.1) is 5.92 Å².